The molecule has 0 amide bonds. The van der Waals surface area contributed by atoms with E-state index in [4.69, 9.17) is 0 Å². The van der Waals surface area contributed by atoms with Crippen LogP contribution >= 0.6 is 0 Å². The van der Waals surface area contributed by atoms with Crippen LogP contribution in [-0.2, 0) is 10.0 Å². The molecule has 2 rings (SSSR count). The summed E-state index contributed by atoms with van der Waals surface area (Å²) in [4.78, 5) is 6.69. The molecule has 1 aliphatic heterocycles. The van der Waals surface area contributed by atoms with Crippen LogP contribution in [0.2, 0.25) is 0 Å². The van der Waals surface area contributed by atoms with E-state index >= 15 is 0 Å². The fourth-order valence-electron chi connectivity index (χ4n) is 1.78. The van der Waals surface area contributed by atoms with Crippen molar-refractivity contribution in [3.63, 3.8) is 0 Å². The SMILES string of the molecule is Cc1ncc(S(=O)(=O)N2CCNC(C)C2)[nH]1. The van der Waals surface area contributed by atoms with Gasteiger partial charge >= 0.3 is 0 Å². The fourth-order valence-corrected chi connectivity index (χ4v) is 3.28. The molecule has 1 aliphatic rings. The Kier molecular flexibility index (Phi) is 3.00. The largest absolute Gasteiger partial charge is 0.332 e. The predicted octanol–water partition coefficient (Wildman–Crippen LogP) is -0.299. The number of aryl methyl sites for hydroxylation is 1. The number of imidazole rings is 1. The Bertz CT molecular complexity index is 468. The minimum absolute atomic E-state index is 0.180. The molecule has 16 heavy (non-hydrogen) atoms. The van der Waals surface area contributed by atoms with Gasteiger partial charge < -0.3 is 10.3 Å². The maximum Gasteiger partial charge on any atom is 0.260 e. The zero-order valence-electron chi connectivity index (χ0n) is 9.40. The second-order valence-electron chi connectivity index (χ2n) is 4.05. The predicted molar refractivity (Wildman–Crippen MR) is 59.5 cm³/mol. The molecule has 0 aromatic carbocycles. The van der Waals surface area contributed by atoms with Gasteiger partial charge in [0.15, 0.2) is 5.03 Å². The first-order valence-electron chi connectivity index (χ1n) is 5.25. The summed E-state index contributed by atoms with van der Waals surface area (Å²) in [6.45, 7) is 5.40. The van der Waals surface area contributed by atoms with Gasteiger partial charge in [0.05, 0.1) is 6.20 Å². The molecule has 1 aromatic heterocycles. The Morgan fingerprint density at radius 2 is 2.31 bits per heavy atom. The van der Waals surface area contributed by atoms with Crippen LogP contribution in [0.5, 0.6) is 0 Å². The maximum absolute atomic E-state index is 12.2. The molecule has 90 valence electrons. The van der Waals surface area contributed by atoms with Crippen LogP contribution in [0.15, 0.2) is 11.2 Å². The van der Waals surface area contributed by atoms with Crippen LogP contribution < -0.4 is 5.32 Å². The van der Waals surface area contributed by atoms with E-state index in [2.05, 4.69) is 15.3 Å². The molecule has 1 saturated heterocycles. The summed E-state index contributed by atoms with van der Waals surface area (Å²) < 4.78 is 25.8. The van der Waals surface area contributed by atoms with Gasteiger partial charge in [-0.1, -0.05) is 0 Å². The van der Waals surface area contributed by atoms with Crippen molar-refractivity contribution < 1.29 is 8.42 Å². The lowest BCUT2D eigenvalue weighted by Crippen LogP contribution is -2.51. The van der Waals surface area contributed by atoms with E-state index in [0.717, 1.165) is 0 Å². The standard InChI is InChI=1S/C9H16N4O2S/c1-7-6-13(4-3-10-7)16(14,15)9-5-11-8(2)12-9/h5,7,10H,3-4,6H2,1-2H3,(H,11,12). The Balaban J connectivity index is 2.25. The first-order valence-corrected chi connectivity index (χ1v) is 6.69. The highest BCUT2D eigenvalue weighted by Crippen LogP contribution is 2.14. The zero-order valence-corrected chi connectivity index (χ0v) is 10.2. The molecule has 6 nitrogen and oxygen atoms in total. The summed E-state index contributed by atoms with van der Waals surface area (Å²) in [6, 6.07) is 0.188. The van der Waals surface area contributed by atoms with E-state index < -0.39 is 10.0 Å². The van der Waals surface area contributed by atoms with E-state index in [1.165, 1.54) is 10.5 Å². The average molecular weight is 244 g/mol. The van der Waals surface area contributed by atoms with Crippen molar-refractivity contribution in [2.45, 2.75) is 24.9 Å². The fraction of sp³-hybridized carbons (Fsp3) is 0.667. The van der Waals surface area contributed by atoms with Crippen LogP contribution in [0.3, 0.4) is 0 Å². The molecule has 0 bridgehead atoms. The Morgan fingerprint density at radius 3 is 2.88 bits per heavy atom. The molecule has 1 aromatic rings. The average Bonchev–Trinajstić information content (AvgIpc) is 2.65. The molecule has 2 heterocycles. The van der Waals surface area contributed by atoms with Gasteiger partial charge in [-0.15, -0.1) is 0 Å². The Morgan fingerprint density at radius 1 is 1.56 bits per heavy atom. The first-order chi connectivity index (χ1) is 7.50. The highest BCUT2D eigenvalue weighted by atomic mass is 32.2. The lowest BCUT2D eigenvalue weighted by Gasteiger charge is -2.30. The van der Waals surface area contributed by atoms with E-state index in [1.54, 1.807) is 6.92 Å². The monoisotopic (exact) mass is 244 g/mol. The molecule has 1 unspecified atom stereocenters. The molecule has 2 N–H and O–H groups in total. The molecular formula is C9H16N4O2S. The van der Waals surface area contributed by atoms with E-state index in [9.17, 15) is 8.42 Å². The van der Waals surface area contributed by atoms with Gasteiger partial charge in [-0.05, 0) is 13.8 Å². The second-order valence-corrected chi connectivity index (χ2v) is 5.96. The zero-order chi connectivity index (χ0) is 11.8. The lowest BCUT2D eigenvalue weighted by molar-refractivity contribution is 0.309. The minimum Gasteiger partial charge on any atom is -0.332 e. The summed E-state index contributed by atoms with van der Waals surface area (Å²) in [7, 11) is -3.40. The van der Waals surface area contributed by atoms with Crippen molar-refractivity contribution in [2.24, 2.45) is 0 Å². The number of aromatic nitrogens is 2. The number of H-pyrrole nitrogens is 1. The van der Waals surface area contributed by atoms with Crippen molar-refractivity contribution in [1.82, 2.24) is 19.6 Å². The quantitative estimate of drug-likeness (QED) is 0.749. The topological polar surface area (TPSA) is 78.1 Å². The molecule has 0 radical (unpaired) electrons. The lowest BCUT2D eigenvalue weighted by atomic mass is 10.3. The van der Waals surface area contributed by atoms with Crippen molar-refractivity contribution in [3.8, 4) is 0 Å². The van der Waals surface area contributed by atoms with Gasteiger partial charge in [-0.25, -0.2) is 13.4 Å². The number of piperazine rings is 1. The number of nitrogens with one attached hydrogen (secondary N) is 2. The summed E-state index contributed by atoms with van der Waals surface area (Å²) in [6.07, 6.45) is 1.37. The number of nitrogens with zero attached hydrogens (tertiary/aromatic N) is 2. The van der Waals surface area contributed by atoms with Crippen LogP contribution in [0.4, 0.5) is 0 Å². The molecule has 7 heteroatoms. The van der Waals surface area contributed by atoms with Gasteiger partial charge in [0.2, 0.25) is 0 Å². The Labute approximate surface area is 95.1 Å². The molecule has 0 aliphatic carbocycles. The summed E-state index contributed by atoms with van der Waals surface area (Å²) in [5.74, 6) is 0.613. The smallest absolute Gasteiger partial charge is 0.260 e. The maximum atomic E-state index is 12.2. The van der Waals surface area contributed by atoms with Crippen molar-refractivity contribution in [1.29, 1.82) is 0 Å². The molecule has 1 atom stereocenters. The molecule has 0 spiro atoms. The molecular weight excluding hydrogens is 228 g/mol. The van der Waals surface area contributed by atoms with Crippen molar-refractivity contribution >= 4 is 10.0 Å². The molecule has 1 fully saturated rings. The molecule has 0 saturated carbocycles. The van der Waals surface area contributed by atoms with Crippen LogP contribution in [0, 0.1) is 6.92 Å². The van der Waals surface area contributed by atoms with Crippen LogP contribution in [-0.4, -0.2) is 48.4 Å². The van der Waals surface area contributed by atoms with Crippen molar-refractivity contribution in [2.75, 3.05) is 19.6 Å². The van der Waals surface area contributed by atoms with Gasteiger partial charge in [-0.2, -0.15) is 4.31 Å². The second kappa shape index (κ2) is 4.15. The normalized spacial score (nSPS) is 23.5. The first kappa shape index (κ1) is 11.6. The number of rotatable bonds is 2. The van der Waals surface area contributed by atoms with Gasteiger partial charge in [0.1, 0.15) is 5.82 Å². The Hall–Kier alpha value is -0.920. The summed E-state index contributed by atoms with van der Waals surface area (Å²) in [5.41, 5.74) is 0. The number of sulfonamides is 1. The third-order valence-corrected chi connectivity index (χ3v) is 4.40. The van der Waals surface area contributed by atoms with Gasteiger partial charge in [-0.3, -0.25) is 0 Å². The van der Waals surface area contributed by atoms with Gasteiger partial charge in [0.25, 0.3) is 10.0 Å². The van der Waals surface area contributed by atoms with E-state index in [1.807, 2.05) is 6.92 Å². The van der Waals surface area contributed by atoms with E-state index in [0.29, 0.717) is 25.5 Å². The third-order valence-electron chi connectivity index (χ3n) is 2.63. The minimum atomic E-state index is -3.40. The number of aromatic amines is 1. The van der Waals surface area contributed by atoms with Crippen LogP contribution in [0.1, 0.15) is 12.7 Å². The van der Waals surface area contributed by atoms with E-state index in [-0.39, 0.29) is 11.1 Å². The summed E-state index contributed by atoms with van der Waals surface area (Å²) >= 11 is 0. The number of hydrogen-bond acceptors (Lipinski definition) is 4. The van der Waals surface area contributed by atoms with Crippen molar-refractivity contribution in [3.05, 3.63) is 12.0 Å². The number of hydrogen-bond donors (Lipinski definition) is 2. The highest BCUT2D eigenvalue weighted by molar-refractivity contribution is 7.89. The summed E-state index contributed by atoms with van der Waals surface area (Å²) in [5, 5.41) is 3.39. The highest BCUT2D eigenvalue weighted by Gasteiger charge is 2.29. The van der Waals surface area contributed by atoms with Crippen LogP contribution in [0.25, 0.3) is 0 Å². The third kappa shape index (κ3) is 2.11. The van der Waals surface area contributed by atoms with Gasteiger partial charge in [0, 0.05) is 25.7 Å².